The standard InChI is InChI=1S/C17H19ClO.C4H7NO/c1-2-12-19-17(13-14-6-4-3-5-7-14)15-8-10-16(18)11-9-15;6-4-2-1-3-5-4/h3-11,17H,2,12-13H2,1H3;1-3H2,(H,5,6). The molecule has 0 spiro atoms. The maximum atomic E-state index is 10.1. The molecule has 0 radical (unpaired) electrons. The van der Waals surface area contributed by atoms with Gasteiger partial charge in [-0.25, -0.2) is 0 Å². The Balaban J connectivity index is 0.000000316. The van der Waals surface area contributed by atoms with Crippen LogP contribution in [-0.4, -0.2) is 19.1 Å². The van der Waals surface area contributed by atoms with Crippen LogP contribution in [0.15, 0.2) is 54.6 Å². The predicted octanol–water partition coefficient (Wildman–Crippen LogP) is 4.95. The second-order valence-corrected chi connectivity index (χ2v) is 6.49. The molecule has 2 aromatic rings. The number of amides is 1. The molecule has 2 aromatic carbocycles. The third-order valence-corrected chi connectivity index (χ3v) is 4.18. The van der Waals surface area contributed by atoms with Crippen molar-refractivity contribution in [2.45, 2.75) is 38.7 Å². The minimum Gasteiger partial charge on any atom is -0.373 e. The fourth-order valence-corrected chi connectivity index (χ4v) is 2.73. The molecule has 1 fully saturated rings. The first-order valence-electron chi connectivity index (χ1n) is 8.86. The monoisotopic (exact) mass is 359 g/mol. The van der Waals surface area contributed by atoms with Gasteiger partial charge in [-0.2, -0.15) is 0 Å². The minimum atomic E-state index is 0.0969. The van der Waals surface area contributed by atoms with Crippen molar-refractivity contribution in [3.8, 4) is 0 Å². The summed E-state index contributed by atoms with van der Waals surface area (Å²) in [6.45, 7) is 3.79. The molecule has 3 nitrogen and oxygen atoms in total. The summed E-state index contributed by atoms with van der Waals surface area (Å²) in [4.78, 5) is 10.1. The first-order chi connectivity index (χ1) is 12.2. The van der Waals surface area contributed by atoms with E-state index < -0.39 is 0 Å². The van der Waals surface area contributed by atoms with Crippen molar-refractivity contribution in [2.24, 2.45) is 0 Å². The van der Waals surface area contributed by atoms with E-state index in [1.165, 1.54) is 11.1 Å². The van der Waals surface area contributed by atoms with Crippen LogP contribution in [0.1, 0.15) is 43.4 Å². The summed E-state index contributed by atoms with van der Waals surface area (Å²) in [6, 6.07) is 18.4. The van der Waals surface area contributed by atoms with Crippen LogP contribution < -0.4 is 5.32 Å². The molecule has 1 amide bonds. The van der Waals surface area contributed by atoms with Crippen LogP contribution in [0, 0.1) is 0 Å². The summed E-state index contributed by atoms with van der Waals surface area (Å²) in [7, 11) is 0. The average Bonchev–Trinajstić information content (AvgIpc) is 3.12. The Morgan fingerprint density at radius 1 is 1.12 bits per heavy atom. The molecular weight excluding hydrogens is 334 g/mol. The van der Waals surface area contributed by atoms with Crippen molar-refractivity contribution < 1.29 is 9.53 Å². The number of hydrogen-bond acceptors (Lipinski definition) is 2. The zero-order chi connectivity index (χ0) is 17.9. The Morgan fingerprint density at radius 2 is 1.84 bits per heavy atom. The molecule has 1 atom stereocenters. The van der Waals surface area contributed by atoms with Crippen molar-refractivity contribution in [1.82, 2.24) is 5.32 Å². The first-order valence-corrected chi connectivity index (χ1v) is 9.24. The number of nitrogens with one attached hydrogen (secondary N) is 1. The van der Waals surface area contributed by atoms with E-state index in [1.54, 1.807) is 0 Å². The van der Waals surface area contributed by atoms with Crippen molar-refractivity contribution in [2.75, 3.05) is 13.2 Å². The van der Waals surface area contributed by atoms with E-state index in [0.29, 0.717) is 0 Å². The summed E-state index contributed by atoms with van der Waals surface area (Å²) in [6.07, 6.45) is 3.78. The van der Waals surface area contributed by atoms with Crippen LogP contribution in [0.3, 0.4) is 0 Å². The number of halogens is 1. The molecule has 3 rings (SSSR count). The topological polar surface area (TPSA) is 38.3 Å². The molecule has 0 aliphatic carbocycles. The molecule has 25 heavy (non-hydrogen) atoms. The van der Waals surface area contributed by atoms with Gasteiger partial charge in [-0.05, 0) is 36.1 Å². The fraction of sp³-hybridized carbons (Fsp3) is 0.381. The SMILES string of the molecule is CCCOC(Cc1ccccc1)c1ccc(Cl)cc1.O=C1CCCN1. The lowest BCUT2D eigenvalue weighted by molar-refractivity contribution is -0.119. The van der Waals surface area contributed by atoms with Gasteiger partial charge in [0.25, 0.3) is 0 Å². The lowest BCUT2D eigenvalue weighted by Gasteiger charge is -2.18. The average molecular weight is 360 g/mol. The lowest BCUT2D eigenvalue weighted by atomic mass is 10.0. The molecule has 1 heterocycles. The third-order valence-electron chi connectivity index (χ3n) is 3.93. The lowest BCUT2D eigenvalue weighted by Crippen LogP contribution is -2.12. The molecule has 1 aliphatic rings. The van der Waals surface area contributed by atoms with Crippen LogP contribution in [0.25, 0.3) is 0 Å². The number of rotatable bonds is 6. The van der Waals surface area contributed by atoms with Gasteiger partial charge in [0.2, 0.25) is 5.91 Å². The summed E-state index contributed by atoms with van der Waals surface area (Å²) in [5, 5.41) is 3.44. The van der Waals surface area contributed by atoms with E-state index in [2.05, 4.69) is 36.5 Å². The van der Waals surface area contributed by atoms with Crippen molar-refractivity contribution in [1.29, 1.82) is 0 Å². The molecule has 0 bridgehead atoms. The Hall–Kier alpha value is -1.84. The highest BCUT2D eigenvalue weighted by molar-refractivity contribution is 6.30. The minimum absolute atomic E-state index is 0.0969. The van der Waals surface area contributed by atoms with E-state index in [-0.39, 0.29) is 12.0 Å². The third kappa shape index (κ3) is 7.29. The fourth-order valence-electron chi connectivity index (χ4n) is 2.60. The maximum absolute atomic E-state index is 10.1. The molecule has 4 heteroatoms. The number of ether oxygens (including phenoxy) is 1. The van der Waals surface area contributed by atoms with E-state index in [1.807, 2.05) is 30.3 Å². The number of benzene rings is 2. The summed E-state index contributed by atoms with van der Waals surface area (Å²) >= 11 is 5.94. The Morgan fingerprint density at radius 3 is 2.36 bits per heavy atom. The molecule has 1 aliphatic heterocycles. The van der Waals surface area contributed by atoms with Crippen LogP contribution in [0.5, 0.6) is 0 Å². The highest BCUT2D eigenvalue weighted by atomic mass is 35.5. The Labute approximate surface area is 155 Å². The second kappa shape index (κ2) is 10.9. The van der Waals surface area contributed by atoms with Crippen LogP contribution in [-0.2, 0) is 16.0 Å². The first kappa shape index (κ1) is 19.5. The maximum Gasteiger partial charge on any atom is 0.220 e. The van der Waals surface area contributed by atoms with Gasteiger partial charge in [-0.3, -0.25) is 4.79 Å². The van der Waals surface area contributed by atoms with Gasteiger partial charge in [0.05, 0.1) is 6.10 Å². The van der Waals surface area contributed by atoms with E-state index >= 15 is 0 Å². The summed E-state index contributed by atoms with van der Waals surface area (Å²) in [5.41, 5.74) is 2.47. The largest absolute Gasteiger partial charge is 0.373 e. The van der Waals surface area contributed by atoms with Crippen molar-refractivity contribution in [3.05, 3.63) is 70.7 Å². The summed E-state index contributed by atoms with van der Waals surface area (Å²) < 4.78 is 5.98. The smallest absolute Gasteiger partial charge is 0.220 e. The van der Waals surface area contributed by atoms with Crippen LogP contribution >= 0.6 is 11.6 Å². The molecule has 134 valence electrons. The zero-order valence-electron chi connectivity index (χ0n) is 14.7. The molecule has 1 unspecified atom stereocenters. The van der Waals surface area contributed by atoms with Gasteiger partial charge in [0.15, 0.2) is 0 Å². The van der Waals surface area contributed by atoms with Crippen LogP contribution in [0.2, 0.25) is 5.02 Å². The van der Waals surface area contributed by atoms with E-state index in [0.717, 1.165) is 43.9 Å². The highest BCUT2D eigenvalue weighted by Gasteiger charge is 2.12. The quantitative estimate of drug-likeness (QED) is 0.792. The van der Waals surface area contributed by atoms with E-state index in [4.69, 9.17) is 16.3 Å². The highest BCUT2D eigenvalue weighted by Crippen LogP contribution is 2.24. The predicted molar refractivity (Wildman–Crippen MR) is 103 cm³/mol. The Kier molecular flexibility index (Phi) is 8.50. The number of hydrogen-bond donors (Lipinski definition) is 1. The van der Waals surface area contributed by atoms with Gasteiger partial charge in [0.1, 0.15) is 0 Å². The zero-order valence-corrected chi connectivity index (χ0v) is 15.5. The molecule has 1 N–H and O–H groups in total. The number of carbonyl (C=O) groups is 1. The second-order valence-electron chi connectivity index (χ2n) is 6.05. The molecule has 0 saturated carbocycles. The summed E-state index contributed by atoms with van der Waals surface area (Å²) in [5.74, 6) is 0.204. The van der Waals surface area contributed by atoms with Gasteiger partial charge in [-0.1, -0.05) is 61.0 Å². The molecule has 1 saturated heterocycles. The number of carbonyl (C=O) groups excluding carboxylic acids is 1. The van der Waals surface area contributed by atoms with Gasteiger partial charge in [-0.15, -0.1) is 0 Å². The van der Waals surface area contributed by atoms with Crippen molar-refractivity contribution in [3.63, 3.8) is 0 Å². The molecule has 0 aromatic heterocycles. The van der Waals surface area contributed by atoms with Gasteiger partial charge >= 0.3 is 0 Å². The van der Waals surface area contributed by atoms with Gasteiger partial charge in [0, 0.05) is 31.0 Å². The normalized spacial score (nSPS) is 14.4. The molecular formula is C21H26ClNO2. The Bertz CT molecular complexity index is 620. The van der Waals surface area contributed by atoms with Crippen molar-refractivity contribution >= 4 is 17.5 Å². The van der Waals surface area contributed by atoms with Gasteiger partial charge < -0.3 is 10.1 Å². The van der Waals surface area contributed by atoms with Crippen LogP contribution in [0.4, 0.5) is 0 Å². The van der Waals surface area contributed by atoms with E-state index in [9.17, 15) is 4.79 Å².